The summed E-state index contributed by atoms with van der Waals surface area (Å²) in [4.78, 5) is 4.61. The van der Waals surface area contributed by atoms with Crippen molar-refractivity contribution in [3.8, 4) is 0 Å². The topological polar surface area (TPSA) is 12.9 Å². The average Bonchev–Trinajstić information content (AvgIpc) is 2.43. The zero-order valence-electron chi connectivity index (χ0n) is 9.09. The third-order valence-corrected chi connectivity index (χ3v) is 3.44. The molecule has 0 N–H and O–H groups in total. The van der Waals surface area contributed by atoms with Crippen LogP contribution in [0.25, 0.3) is 10.2 Å². The first-order valence-electron chi connectivity index (χ1n) is 4.96. The third kappa shape index (κ3) is 1.44. The van der Waals surface area contributed by atoms with E-state index in [-0.39, 0.29) is 0 Å². The number of hydrogen-bond acceptors (Lipinski definition) is 2. The van der Waals surface area contributed by atoms with Gasteiger partial charge in [-0.2, -0.15) is 0 Å². The average molecular weight is 205 g/mol. The normalized spacial score (nSPS) is 11.5. The zero-order valence-corrected chi connectivity index (χ0v) is 9.90. The smallest absolute Gasteiger partial charge is 0.0907 e. The van der Waals surface area contributed by atoms with Crippen molar-refractivity contribution in [1.29, 1.82) is 0 Å². The molecule has 0 atom stereocenters. The van der Waals surface area contributed by atoms with Gasteiger partial charge in [0.05, 0.1) is 15.2 Å². The van der Waals surface area contributed by atoms with Crippen molar-refractivity contribution in [2.24, 2.45) is 0 Å². The lowest BCUT2D eigenvalue weighted by Crippen LogP contribution is -1.93. The largest absolute Gasteiger partial charge is 0.241 e. The van der Waals surface area contributed by atoms with Crippen LogP contribution >= 0.6 is 11.3 Å². The SMILES string of the molecule is Cc1nc2c(C(C)C)c(C)ccc2s1. The molecule has 0 bridgehead atoms. The molecule has 1 heterocycles. The Labute approximate surface area is 88.8 Å². The van der Waals surface area contributed by atoms with Crippen molar-refractivity contribution < 1.29 is 0 Å². The van der Waals surface area contributed by atoms with E-state index in [0.29, 0.717) is 5.92 Å². The molecule has 74 valence electrons. The summed E-state index contributed by atoms with van der Waals surface area (Å²) in [6, 6.07) is 4.39. The summed E-state index contributed by atoms with van der Waals surface area (Å²) in [5.41, 5.74) is 3.98. The minimum Gasteiger partial charge on any atom is -0.241 e. The van der Waals surface area contributed by atoms with E-state index in [1.807, 2.05) is 0 Å². The van der Waals surface area contributed by atoms with Gasteiger partial charge in [-0.25, -0.2) is 4.98 Å². The quantitative estimate of drug-likeness (QED) is 0.684. The fraction of sp³-hybridized carbons (Fsp3) is 0.417. The van der Waals surface area contributed by atoms with Crippen LogP contribution < -0.4 is 0 Å². The molecule has 0 saturated carbocycles. The molecular formula is C12H15NS. The highest BCUT2D eigenvalue weighted by atomic mass is 32.1. The fourth-order valence-electron chi connectivity index (χ4n) is 1.95. The van der Waals surface area contributed by atoms with Crippen LogP contribution in [0.2, 0.25) is 0 Å². The zero-order chi connectivity index (χ0) is 10.3. The number of fused-ring (bicyclic) bond motifs is 1. The molecule has 0 amide bonds. The van der Waals surface area contributed by atoms with Crippen molar-refractivity contribution in [3.05, 3.63) is 28.3 Å². The molecule has 0 aliphatic heterocycles. The summed E-state index contributed by atoms with van der Waals surface area (Å²) in [6.45, 7) is 8.71. The van der Waals surface area contributed by atoms with Gasteiger partial charge in [-0.3, -0.25) is 0 Å². The van der Waals surface area contributed by atoms with Crippen LogP contribution in [0, 0.1) is 13.8 Å². The van der Waals surface area contributed by atoms with Crippen molar-refractivity contribution in [1.82, 2.24) is 4.98 Å². The molecule has 2 aromatic rings. The van der Waals surface area contributed by atoms with Gasteiger partial charge in [-0.05, 0) is 37.0 Å². The van der Waals surface area contributed by atoms with Crippen LogP contribution in [0.5, 0.6) is 0 Å². The number of nitrogens with zero attached hydrogens (tertiary/aromatic N) is 1. The van der Waals surface area contributed by atoms with E-state index in [0.717, 1.165) is 5.01 Å². The number of hydrogen-bond donors (Lipinski definition) is 0. The number of aryl methyl sites for hydroxylation is 2. The minimum atomic E-state index is 0.556. The van der Waals surface area contributed by atoms with Crippen LogP contribution in [0.15, 0.2) is 12.1 Å². The molecule has 0 radical (unpaired) electrons. The minimum absolute atomic E-state index is 0.556. The monoisotopic (exact) mass is 205 g/mol. The van der Waals surface area contributed by atoms with E-state index in [2.05, 4.69) is 44.8 Å². The second kappa shape index (κ2) is 3.35. The van der Waals surface area contributed by atoms with Crippen LogP contribution in [0.1, 0.15) is 35.9 Å². The van der Waals surface area contributed by atoms with Crippen LogP contribution in [0.3, 0.4) is 0 Å². The van der Waals surface area contributed by atoms with Gasteiger partial charge in [-0.1, -0.05) is 19.9 Å². The molecular weight excluding hydrogens is 190 g/mol. The van der Waals surface area contributed by atoms with E-state index >= 15 is 0 Å². The first kappa shape index (κ1) is 9.66. The molecule has 1 nitrogen and oxygen atoms in total. The highest BCUT2D eigenvalue weighted by Gasteiger charge is 2.11. The summed E-state index contributed by atoms with van der Waals surface area (Å²) in [7, 11) is 0. The summed E-state index contributed by atoms with van der Waals surface area (Å²) in [5.74, 6) is 0.556. The van der Waals surface area contributed by atoms with Crippen molar-refractivity contribution in [2.75, 3.05) is 0 Å². The second-order valence-electron chi connectivity index (χ2n) is 4.03. The second-order valence-corrected chi connectivity index (χ2v) is 5.27. The van der Waals surface area contributed by atoms with Crippen molar-refractivity contribution in [3.63, 3.8) is 0 Å². The Balaban J connectivity index is 2.82. The summed E-state index contributed by atoms with van der Waals surface area (Å²) >= 11 is 1.78. The van der Waals surface area contributed by atoms with Crippen molar-refractivity contribution >= 4 is 21.6 Å². The highest BCUT2D eigenvalue weighted by molar-refractivity contribution is 7.18. The molecule has 14 heavy (non-hydrogen) atoms. The summed E-state index contributed by atoms with van der Waals surface area (Å²) in [5, 5.41) is 1.16. The highest BCUT2D eigenvalue weighted by Crippen LogP contribution is 2.31. The van der Waals surface area contributed by atoms with Crippen molar-refractivity contribution in [2.45, 2.75) is 33.6 Å². The predicted molar refractivity (Wildman–Crippen MR) is 63.2 cm³/mol. The Bertz CT molecular complexity index is 468. The molecule has 2 rings (SSSR count). The standard InChI is InChI=1S/C12H15NS/c1-7(2)11-8(3)5-6-10-12(11)13-9(4)14-10/h5-7H,1-4H3. The maximum atomic E-state index is 4.61. The first-order valence-corrected chi connectivity index (χ1v) is 5.78. The lowest BCUT2D eigenvalue weighted by Gasteiger charge is -2.09. The van der Waals surface area contributed by atoms with Gasteiger partial charge in [0.2, 0.25) is 0 Å². The predicted octanol–water partition coefficient (Wildman–Crippen LogP) is 4.04. The molecule has 1 aromatic carbocycles. The lowest BCUT2D eigenvalue weighted by atomic mass is 9.97. The van der Waals surface area contributed by atoms with Gasteiger partial charge in [0, 0.05) is 0 Å². The van der Waals surface area contributed by atoms with E-state index in [1.54, 1.807) is 11.3 Å². The first-order chi connectivity index (χ1) is 6.59. The number of rotatable bonds is 1. The Morgan fingerprint density at radius 1 is 1.21 bits per heavy atom. The van der Waals surface area contributed by atoms with E-state index in [4.69, 9.17) is 0 Å². The van der Waals surface area contributed by atoms with Crippen LogP contribution in [-0.2, 0) is 0 Å². The molecule has 0 aliphatic rings. The molecule has 1 aromatic heterocycles. The molecule has 0 saturated heterocycles. The maximum Gasteiger partial charge on any atom is 0.0907 e. The molecule has 0 fully saturated rings. The van der Waals surface area contributed by atoms with Crippen LogP contribution in [-0.4, -0.2) is 4.98 Å². The Morgan fingerprint density at radius 2 is 1.93 bits per heavy atom. The molecule has 2 heteroatoms. The number of thiazole rings is 1. The van der Waals surface area contributed by atoms with Gasteiger partial charge in [0.25, 0.3) is 0 Å². The van der Waals surface area contributed by atoms with Gasteiger partial charge in [0.15, 0.2) is 0 Å². The number of aromatic nitrogens is 1. The van der Waals surface area contributed by atoms with E-state index in [9.17, 15) is 0 Å². The molecule has 0 aliphatic carbocycles. The molecule has 0 spiro atoms. The Hall–Kier alpha value is -0.890. The lowest BCUT2D eigenvalue weighted by molar-refractivity contribution is 0.863. The van der Waals surface area contributed by atoms with E-state index in [1.165, 1.54) is 21.3 Å². The van der Waals surface area contributed by atoms with Crippen LogP contribution in [0.4, 0.5) is 0 Å². The fourth-order valence-corrected chi connectivity index (χ4v) is 2.80. The van der Waals surface area contributed by atoms with E-state index < -0.39 is 0 Å². The maximum absolute atomic E-state index is 4.61. The summed E-state index contributed by atoms with van der Waals surface area (Å²) < 4.78 is 1.32. The van der Waals surface area contributed by atoms with Gasteiger partial charge in [-0.15, -0.1) is 11.3 Å². The third-order valence-electron chi connectivity index (χ3n) is 2.50. The Morgan fingerprint density at radius 3 is 2.57 bits per heavy atom. The van der Waals surface area contributed by atoms with Gasteiger partial charge >= 0.3 is 0 Å². The summed E-state index contributed by atoms with van der Waals surface area (Å²) in [6.07, 6.45) is 0. The van der Waals surface area contributed by atoms with Gasteiger partial charge in [0.1, 0.15) is 0 Å². The molecule has 0 unspecified atom stereocenters. The Kier molecular flexibility index (Phi) is 2.31. The van der Waals surface area contributed by atoms with Gasteiger partial charge < -0.3 is 0 Å². The number of benzene rings is 1.